The van der Waals surface area contributed by atoms with E-state index in [1.54, 1.807) is 18.2 Å². The summed E-state index contributed by atoms with van der Waals surface area (Å²) in [6.07, 6.45) is 3.81. The Kier molecular flexibility index (Phi) is 4.38. The zero-order chi connectivity index (χ0) is 16.4. The van der Waals surface area contributed by atoms with E-state index in [2.05, 4.69) is 10.3 Å². The van der Waals surface area contributed by atoms with Crippen LogP contribution in [0.2, 0.25) is 0 Å². The van der Waals surface area contributed by atoms with E-state index >= 15 is 0 Å². The summed E-state index contributed by atoms with van der Waals surface area (Å²) >= 11 is 1.04. The van der Waals surface area contributed by atoms with Crippen molar-refractivity contribution in [2.24, 2.45) is 5.92 Å². The molecule has 2 aromatic rings. The Morgan fingerprint density at radius 1 is 1.39 bits per heavy atom. The highest BCUT2D eigenvalue weighted by Crippen LogP contribution is 2.33. The minimum absolute atomic E-state index is 0.269. The van der Waals surface area contributed by atoms with E-state index in [0.29, 0.717) is 22.9 Å². The standard InChI is InChI=1S/C16H15FN2O3S/c17-11-4-2-1-3-10(11)15-18-8-13(23-15)14(20)19-12(16(21)22)7-9-5-6-9/h1-4,8-9,12H,5-7H2,(H,19,20)(H,21,22). The molecule has 0 spiro atoms. The molecule has 3 rings (SSSR count). The lowest BCUT2D eigenvalue weighted by atomic mass is 10.1. The molecule has 120 valence electrons. The molecule has 1 fully saturated rings. The van der Waals surface area contributed by atoms with Crippen LogP contribution in [0.4, 0.5) is 4.39 Å². The van der Waals surface area contributed by atoms with Crippen LogP contribution in [0.3, 0.4) is 0 Å². The largest absolute Gasteiger partial charge is 0.480 e. The van der Waals surface area contributed by atoms with Gasteiger partial charge in [-0.15, -0.1) is 11.3 Å². The van der Waals surface area contributed by atoms with Crippen LogP contribution >= 0.6 is 11.3 Å². The molecule has 5 nitrogen and oxygen atoms in total. The van der Waals surface area contributed by atoms with Gasteiger partial charge in [-0.1, -0.05) is 25.0 Å². The van der Waals surface area contributed by atoms with E-state index in [9.17, 15) is 19.1 Å². The molecular weight excluding hydrogens is 319 g/mol. The number of carboxylic acid groups (broad SMARTS) is 1. The first-order chi connectivity index (χ1) is 11.0. The van der Waals surface area contributed by atoms with Crippen molar-refractivity contribution in [3.63, 3.8) is 0 Å². The lowest BCUT2D eigenvalue weighted by Crippen LogP contribution is -2.40. The number of rotatable bonds is 6. The summed E-state index contributed by atoms with van der Waals surface area (Å²) in [5.41, 5.74) is 0.323. The first-order valence-electron chi connectivity index (χ1n) is 7.29. The minimum Gasteiger partial charge on any atom is -0.480 e. The summed E-state index contributed by atoms with van der Waals surface area (Å²) in [5.74, 6) is -1.56. The van der Waals surface area contributed by atoms with E-state index in [1.165, 1.54) is 12.3 Å². The first-order valence-corrected chi connectivity index (χ1v) is 8.10. The lowest BCUT2D eigenvalue weighted by molar-refractivity contribution is -0.139. The molecule has 0 bridgehead atoms. The summed E-state index contributed by atoms with van der Waals surface area (Å²) < 4.78 is 13.7. The van der Waals surface area contributed by atoms with E-state index in [4.69, 9.17) is 0 Å². The number of nitrogens with one attached hydrogen (secondary N) is 1. The van der Waals surface area contributed by atoms with Crippen LogP contribution in [0.25, 0.3) is 10.6 Å². The third kappa shape index (κ3) is 3.73. The number of carbonyl (C=O) groups is 2. The maximum Gasteiger partial charge on any atom is 0.326 e. The molecule has 1 aliphatic rings. The zero-order valence-electron chi connectivity index (χ0n) is 12.2. The number of hydrogen-bond acceptors (Lipinski definition) is 4. The summed E-state index contributed by atoms with van der Waals surface area (Å²) in [7, 11) is 0. The molecule has 1 aromatic carbocycles. The molecule has 1 saturated carbocycles. The number of hydrogen-bond donors (Lipinski definition) is 2. The second kappa shape index (κ2) is 6.45. The van der Waals surface area contributed by atoms with Crippen LogP contribution in [0.5, 0.6) is 0 Å². The average molecular weight is 334 g/mol. The first kappa shape index (κ1) is 15.6. The van der Waals surface area contributed by atoms with Crippen LogP contribution in [-0.4, -0.2) is 28.0 Å². The van der Waals surface area contributed by atoms with Crippen molar-refractivity contribution in [3.05, 3.63) is 41.2 Å². The molecular formula is C16H15FN2O3S. The van der Waals surface area contributed by atoms with Gasteiger partial charge in [-0.05, 0) is 24.5 Å². The molecule has 0 radical (unpaired) electrons. The molecule has 0 aliphatic heterocycles. The Bertz CT molecular complexity index is 742. The highest BCUT2D eigenvalue weighted by atomic mass is 32.1. The van der Waals surface area contributed by atoms with Gasteiger partial charge >= 0.3 is 5.97 Å². The number of amides is 1. The fourth-order valence-electron chi connectivity index (χ4n) is 2.28. The number of benzene rings is 1. The van der Waals surface area contributed by atoms with Crippen LogP contribution in [0.1, 0.15) is 28.9 Å². The number of carboxylic acids is 1. The molecule has 2 N–H and O–H groups in total. The van der Waals surface area contributed by atoms with Crippen LogP contribution in [-0.2, 0) is 4.79 Å². The van der Waals surface area contributed by atoms with E-state index < -0.39 is 23.7 Å². The molecule has 1 aromatic heterocycles. The molecule has 1 aliphatic carbocycles. The smallest absolute Gasteiger partial charge is 0.326 e. The van der Waals surface area contributed by atoms with Gasteiger partial charge < -0.3 is 10.4 Å². The Morgan fingerprint density at radius 2 is 2.13 bits per heavy atom. The van der Waals surface area contributed by atoms with Gasteiger partial charge in [0.25, 0.3) is 5.91 Å². The third-order valence-corrected chi connectivity index (χ3v) is 4.73. The molecule has 1 heterocycles. The Labute approximate surface area is 136 Å². The van der Waals surface area contributed by atoms with Gasteiger partial charge in [0.2, 0.25) is 0 Å². The highest BCUT2D eigenvalue weighted by Gasteiger charge is 2.30. The van der Waals surface area contributed by atoms with Gasteiger partial charge in [-0.2, -0.15) is 0 Å². The fraction of sp³-hybridized carbons (Fsp3) is 0.312. The molecule has 0 saturated heterocycles. The lowest BCUT2D eigenvalue weighted by Gasteiger charge is -2.12. The van der Waals surface area contributed by atoms with Gasteiger partial charge in [-0.25, -0.2) is 14.2 Å². The predicted octanol–water partition coefficient (Wildman–Crippen LogP) is 2.93. The Hall–Kier alpha value is -2.28. The third-order valence-electron chi connectivity index (χ3n) is 3.70. The average Bonchev–Trinajstić information content (AvgIpc) is 3.20. The summed E-state index contributed by atoms with van der Waals surface area (Å²) in [6, 6.07) is 5.29. The van der Waals surface area contributed by atoms with Crippen molar-refractivity contribution >= 4 is 23.2 Å². The van der Waals surface area contributed by atoms with Gasteiger partial charge in [0.1, 0.15) is 21.7 Å². The monoisotopic (exact) mass is 334 g/mol. The van der Waals surface area contributed by atoms with Crippen molar-refractivity contribution in [1.82, 2.24) is 10.3 Å². The van der Waals surface area contributed by atoms with E-state index in [-0.39, 0.29) is 4.88 Å². The second-order valence-corrected chi connectivity index (χ2v) is 6.58. The molecule has 23 heavy (non-hydrogen) atoms. The predicted molar refractivity (Wildman–Crippen MR) is 83.7 cm³/mol. The second-order valence-electron chi connectivity index (χ2n) is 5.55. The molecule has 7 heteroatoms. The molecule has 1 amide bonds. The Balaban J connectivity index is 1.73. The van der Waals surface area contributed by atoms with Crippen molar-refractivity contribution in [2.75, 3.05) is 0 Å². The summed E-state index contributed by atoms with van der Waals surface area (Å²) in [6.45, 7) is 0. The van der Waals surface area contributed by atoms with Crippen molar-refractivity contribution in [2.45, 2.75) is 25.3 Å². The number of carbonyl (C=O) groups excluding carboxylic acids is 1. The van der Waals surface area contributed by atoms with Gasteiger partial charge in [0, 0.05) is 5.56 Å². The number of thiazole rings is 1. The zero-order valence-corrected chi connectivity index (χ0v) is 13.0. The summed E-state index contributed by atoms with van der Waals surface area (Å²) in [4.78, 5) is 27.8. The van der Waals surface area contributed by atoms with Crippen LogP contribution in [0.15, 0.2) is 30.5 Å². The van der Waals surface area contributed by atoms with E-state index in [0.717, 1.165) is 24.2 Å². The van der Waals surface area contributed by atoms with Gasteiger partial charge in [0.05, 0.1) is 6.20 Å². The Morgan fingerprint density at radius 3 is 2.78 bits per heavy atom. The topological polar surface area (TPSA) is 79.3 Å². The maximum absolute atomic E-state index is 13.7. The van der Waals surface area contributed by atoms with Gasteiger partial charge in [-0.3, -0.25) is 4.79 Å². The van der Waals surface area contributed by atoms with Crippen molar-refractivity contribution < 1.29 is 19.1 Å². The van der Waals surface area contributed by atoms with Crippen molar-refractivity contribution in [1.29, 1.82) is 0 Å². The maximum atomic E-state index is 13.7. The van der Waals surface area contributed by atoms with Gasteiger partial charge in [0.15, 0.2) is 0 Å². The quantitative estimate of drug-likeness (QED) is 0.851. The summed E-state index contributed by atoms with van der Waals surface area (Å²) in [5, 5.41) is 12.1. The number of halogens is 1. The minimum atomic E-state index is -1.04. The number of nitrogens with zero attached hydrogens (tertiary/aromatic N) is 1. The fourth-order valence-corrected chi connectivity index (χ4v) is 3.12. The van der Waals surface area contributed by atoms with Crippen molar-refractivity contribution in [3.8, 4) is 10.6 Å². The molecule has 1 unspecified atom stereocenters. The van der Waals surface area contributed by atoms with Crippen LogP contribution in [0, 0.1) is 11.7 Å². The van der Waals surface area contributed by atoms with E-state index in [1.807, 2.05) is 0 Å². The highest BCUT2D eigenvalue weighted by molar-refractivity contribution is 7.16. The normalized spacial score (nSPS) is 15.2. The SMILES string of the molecule is O=C(NC(CC1CC1)C(=O)O)c1cnc(-c2ccccc2F)s1. The van der Waals surface area contributed by atoms with Crippen LogP contribution < -0.4 is 5.32 Å². The number of aliphatic carboxylic acids is 1. The number of aromatic nitrogens is 1. The molecule has 1 atom stereocenters.